The number of rotatable bonds is 3. The number of carbonyl (C=O) groups excluding carboxylic acids is 3. The average molecular weight is 335 g/mol. The van der Waals surface area contributed by atoms with E-state index in [4.69, 9.17) is 5.73 Å². The number of amides is 3. The first-order valence-electron chi connectivity index (χ1n) is 7.98. The number of nitrogens with two attached hydrogens (primary N) is 1. The van der Waals surface area contributed by atoms with Gasteiger partial charge in [0.15, 0.2) is 0 Å². The molecule has 2 aliphatic heterocycles. The monoisotopic (exact) mass is 335 g/mol. The highest BCUT2D eigenvalue weighted by Crippen LogP contribution is 2.42. The first kappa shape index (κ1) is 17.9. The van der Waals surface area contributed by atoms with E-state index in [-0.39, 0.29) is 29.5 Å². The summed E-state index contributed by atoms with van der Waals surface area (Å²) in [5, 5.41) is 2.70. The van der Waals surface area contributed by atoms with Crippen molar-refractivity contribution in [2.75, 3.05) is 11.4 Å². The zero-order valence-electron chi connectivity index (χ0n) is 13.8. The van der Waals surface area contributed by atoms with Gasteiger partial charge in [0.05, 0.1) is 6.54 Å². The van der Waals surface area contributed by atoms with Gasteiger partial charge in [-0.15, -0.1) is 0 Å². The Labute approximate surface area is 140 Å². The molecule has 0 bridgehead atoms. The van der Waals surface area contributed by atoms with Crippen molar-refractivity contribution >= 4 is 23.4 Å². The van der Waals surface area contributed by atoms with E-state index < -0.39 is 5.54 Å². The fraction of sp³-hybridized carbons (Fsp3) is 0.471. The van der Waals surface area contributed by atoms with Crippen LogP contribution in [0, 0.1) is 11.7 Å². The summed E-state index contributed by atoms with van der Waals surface area (Å²) < 4.78 is 12.9. The molecule has 3 amide bonds. The molecule has 1 aromatic rings. The zero-order valence-corrected chi connectivity index (χ0v) is 13.8. The minimum Gasteiger partial charge on any atom is -0.370 e. The van der Waals surface area contributed by atoms with Crippen LogP contribution in [0.1, 0.15) is 33.1 Å². The van der Waals surface area contributed by atoms with Crippen molar-refractivity contribution in [3.05, 3.63) is 30.1 Å². The number of carbonyl (C=O) groups is 3. The first-order valence-corrected chi connectivity index (χ1v) is 7.98. The van der Waals surface area contributed by atoms with Crippen LogP contribution in [-0.2, 0) is 14.4 Å². The van der Waals surface area contributed by atoms with Gasteiger partial charge in [0.2, 0.25) is 17.7 Å². The molecule has 7 heteroatoms. The van der Waals surface area contributed by atoms with E-state index in [9.17, 15) is 18.8 Å². The minimum absolute atomic E-state index is 0.0243. The molecule has 24 heavy (non-hydrogen) atoms. The molecular weight excluding hydrogens is 313 g/mol. The first-order chi connectivity index (χ1) is 11.3. The van der Waals surface area contributed by atoms with Crippen molar-refractivity contribution in [3.8, 4) is 0 Å². The smallest absolute Gasteiger partial charge is 0.248 e. The molecule has 130 valence electrons. The Bertz CT molecular complexity index is 647. The Morgan fingerprint density at radius 1 is 1.38 bits per heavy atom. The number of anilines is 1. The summed E-state index contributed by atoms with van der Waals surface area (Å²) in [7, 11) is 0. The number of primary amides is 1. The molecule has 2 saturated heterocycles. The molecule has 3 N–H and O–H groups in total. The predicted molar refractivity (Wildman–Crippen MR) is 87.5 cm³/mol. The van der Waals surface area contributed by atoms with Gasteiger partial charge in [-0.25, -0.2) is 4.39 Å². The summed E-state index contributed by atoms with van der Waals surface area (Å²) in [6.45, 7) is 4.29. The molecule has 0 radical (unpaired) electrons. The van der Waals surface area contributed by atoms with Crippen LogP contribution in [0.5, 0.6) is 0 Å². The maximum atomic E-state index is 12.9. The van der Waals surface area contributed by atoms with E-state index in [0.29, 0.717) is 25.1 Å². The van der Waals surface area contributed by atoms with Crippen LogP contribution >= 0.6 is 0 Å². The van der Waals surface area contributed by atoms with Crippen molar-refractivity contribution in [2.24, 2.45) is 11.7 Å². The number of nitrogens with one attached hydrogen (secondary N) is 1. The molecule has 0 aromatic heterocycles. The van der Waals surface area contributed by atoms with Crippen LogP contribution in [0.2, 0.25) is 0 Å². The quantitative estimate of drug-likeness (QED) is 0.817. The van der Waals surface area contributed by atoms with E-state index in [1.165, 1.54) is 17.0 Å². The van der Waals surface area contributed by atoms with E-state index in [2.05, 4.69) is 5.32 Å². The van der Waals surface area contributed by atoms with Gasteiger partial charge in [-0.1, -0.05) is 13.8 Å². The highest BCUT2D eigenvalue weighted by molar-refractivity contribution is 6.10. The molecule has 2 unspecified atom stereocenters. The van der Waals surface area contributed by atoms with Crippen LogP contribution in [-0.4, -0.2) is 29.8 Å². The van der Waals surface area contributed by atoms with E-state index in [1.54, 1.807) is 12.1 Å². The molecule has 2 fully saturated rings. The molecule has 2 heterocycles. The summed E-state index contributed by atoms with van der Waals surface area (Å²) >= 11 is 0. The van der Waals surface area contributed by atoms with Crippen LogP contribution < -0.4 is 16.0 Å². The number of β-lactam (4-membered cyclic amide) rings is 1. The number of nitrogens with zero attached hydrogens (tertiary/aromatic N) is 1. The highest BCUT2D eigenvalue weighted by Gasteiger charge is 2.61. The van der Waals surface area contributed by atoms with Crippen molar-refractivity contribution < 1.29 is 18.8 Å². The Balaban J connectivity index is 0.000000301. The molecule has 3 rings (SSSR count). The van der Waals surface area contributed by atoms with Crippen molar-refractivity contribution in [1.29, 1.82) is 0 Å². The predicted octanol–water partition coefficient (Wildman–Crippen LogP) is 1.34. The summed E-state index contributed by atoms with van der Waals surface area (Å²) in [5.41, 5.74) is 4.58. The van der Waals surface area contributed by atoms with Crippen LogP contribution in [0.4, 0.5) is 10.1 Å². The maximum absolute atomic E-state index is 12.9. The van der Waals surface area contributed by atoms with Crippen LogP contribution in [0.25, 0.3) is 0 Å². The van der Waals surface area contributed by atoms with Gasteiger partial charge < -0.3 is 11.1 Å². The van der Waals surface area contributed by atoms with Gasteiger partial charge in [-0.3, -0.25) is 19.3 Å². The molecule has 6 nitrogen and oxygen atoms in total. The summed E-state index contributed by atoms with van der Waals surface area (Å²) in [4.78, 5) is 35.3. The minimum atomic E-state index is -0.769. The summed E-state index contributed by atoms with van der Waals surface area (Å²) in [6.07, 6.45) is 1.72. The van der Waals surface area contributed by atoms with Crippen molar-refractivity contribution in [2.45, 2.75) is 38.6 Å². The van der Waals surface area contributed by atoms with Crippen LogP contribution in [0.15, 0.2) is 24.3 Å². The Morgan fingerprint density at radius 2 is 2.00 bits per heavy atom. The Kier molecular flexibility index (Phi) is 5.21. The Morgan fingerprint density at radius 3 is 2.38 bits per heavy atom. The third-order valence-electron chi connectivity index (χ3n) is 4.44. The lowest BCUT2D eigenvalue weighted by Gasteiger charge is -2.46. The number of hydrogen-bond acceptors (Lipinski definition) is 3. The number of hydrogen-bond donors (Lipinski definition) is 2. The molecular formula is C17H22FN3O3. The number of halogens is 1. The van der Waals surface area contributed by atoms with Crippen molar-refractivity contribution in [3.63, 3.8) is 0 Å². The largest absolute Gasteiger partial charge is 0.370 e. The fourth-order valence-corrected chi connectivity index (χ4v) is 3.10. The van der Waals surface area contributed by atoms with Crippen LogP contribution in [0.3, 0.4) is 0 Å². The third-order valence-corrected chi connectivity index (χ3v) is 4.44. The summed E-state index contributed by atoms with van der Waals surface area (Å²) in [5.74, 6) is -0.791. The van der Waals surface area contributed by atoms with Gasteiger partial charge in [0.1, 0.15) is 11.4 Å². The van der Waals surface area contributed by atoms with Crippen molar-refractivity contribution in [1.82, 2.24) is 5.32 Å². The standard InChI is InChI=1S/C13H13FN2O2.C4H9NO/c1-8-6-11(17)16(13(8)7-15-12(13)18)10-4-2-9(14)3-5-10;1-2-3-4(5)6/h2-5,8H,6-7H2,1H3,(H,15,18);2-3H2,1H3,(H2,5,6). The molecule has 1 spiro atoms. The average Bonchev–Trinajstić information content (AvgIpc) is 2.79. The van der Waals surface area contributed by atoms with Gasteiger partial charge in [-0.05, 0) is 36.6 Å². The Hall–Kier alpha value is -2.44. The zero-order chi connectivity index (χ0) is 17.9. The summed E-state index contributed by atoms with van der Waals surface area (Å²) in [6, 6.07) is 5.68. The molecule has 2 atom stereocenters. The van der Waals surface area contributed by atoms with Gasteiger partial charge in [0.25, 0.3) is 0 Å². The molecule has 0 saturated carbocycles. The second kappa shape index (κ2) is 6.98. The lowest BCUT2D eigenvalue weighted by atomic mass is 9.79. The third kappa shape index (κ3) is 3.11. The topological polar surface area (TPSA) is 92.5 Å². The molecule has 0 aliphatic carbocycles. The van der Waals surface area contributed by atoms with E-state index in [0.717, 1.165) is 6.42 Å². The van der Waals surface area contributed by atoms with E-state index >= 15 is 0 Å². The molecule has 1 aromatic carbocycles. The van der Waals surface area contributed by atoms with Gasteiger partial charge in [0, 0.05) is 18.5 Å². The lowest BCUT2D eigenvalue weighted by Crippen LogP contribution is -2.73. The SMILES string of the molecule is CC1CC(=O)N(c2ccc(F)cc2)C12CNC2=O.CCCC(N)=O. The normalized spacial score (nSPS) is 25.0. The molecule has 2 aliphatic rings. The lowest BCUT2D eigenvalue weighted by molar-refractivity contribution is -0.135. The second-order valence-corrected chi connectivity index (χ2v) is 6.13. The second-order valence-electron chi connectivity index (χ2n) is 6.13. The van der Waals surface area contributed by atoms with E-state index in [1.807, 2.05) is 13.8 Å². The fourth-order valence-electron chi connectivity index (χ4n) is 3.10. The van der Waals surface area contributed by atoms with Gasteiger partial charge >= 0.3 is 0 Å². The van der Waals surface area contributed by atoms with Gasteiger partial charge in [-0.2, -0.15) is 0 Å². The highest BCUT2D eigenvalue weighted by atomic mass is 19.1. The number of benzene rings is 1. The maximum Gasteiger partial charge on any atom is 0.248 e.